The SMILES string of the molecule is CCOC(=O)Cn1nnnc1CN(Cc1cc2cc(OCC)ccc2[nH]c1=O)C[C@H]1CCCO1. The maximum Gasteiger partial charge on any atom is 0.327 e. The van der Waals surface area contributed by atoms with Gasteiger partial charge in [0.25, 0.3) is 5.56 Å². The van der Waals surface area contributed by atoms with Crippen molar-refractivity contribution in [2.45, 2.75) is 52.4 Å². The summed E-state index contributed by atoms with van der Waals surface area (Å²) in [6, 6.07) is 7.50. The van der Waals surface area contributed by atoms with Gasteiger partial charge in [0.1, 0.15) is 12.3 Å². The van der Waals surface area contributed by atoms with Crippen LogP contribution in [-0.4, -0.2) is 68.5 Å². The van der Waals surface area contributed by atoms with Crippen molar-refractivity contribution in [3.8, 4) is 5.75 Å². The topological polar surface area (TPSA) is 124 Å². The van der Waals surface area contributed by atoms with Crippen molar-refractivity contribution >= 4 is 16.9 Å². The van der Waals surface area contributed by atoms with E-state index in [-0.39, 0.29) is 24.8 Å². The van der Waals surface area contributed by atoms with Gasteiger partial charge in [0.15, 0.2) is 5.82 Å². The van der Waals surface area contributed by atoms with E-state index in [9.17, 15) is 9.59 Å². The molecule has 0 bridgehead atoms. The fourth-order valence-electron chi connectivity index (χ4n) is 4.09. The number of nitrogens with one attached hydrogen (secondary N) is 1. The number of H-pyrrole nitrogens is 1. The molecule has 1 aliphatic rings. The van der Waals surface area contributed by atoms with Gasteiger partial charge in [0, 0.05) is 36.2 Å². The summed E-state index contributed by atoms with van der Waals surface area (Å²) in [5.41, 5.74) is 1.21. The van der Waals surface area contributed by atoms with Crippen LogP contribution < -0.4 is 10.3 Å². The second-order valence-electron chi connectivity index (χ2n) is 8.17. The quantitative estimate of drug-likeness (QED) is 0.417. The molecule has 2 aromatic heterocycles. The smallest absolute Gasteiger partial charge is 0.327 e. The van der Waals surface area contributed by atoms with Gasteiger partial charge in [-0.2, -0.15) is 0 Å². The number of carbonyl (C=O) groups excluding carboxylic acids is 1. The Morgan fingerprint density at radius 3 is 2.91 bits per heavy atom. The lowest BCUT2D eigenvalue weighted by molar-refractivity contribution is -0.144. The molecule has 4 rings (SSSR count). The van der Waals surface area contributed by atoms with Crippen molar-refractivity contribution in [3.05, 3.63) is 46.0 Å². The Labute approximate surface area is 197 Å². The van der Waals surface area contributed by atoms with Crippen LogP contribution in [-0.2, 0) is 33.9 Å². The summed E-state index contributed by atoms with van der Waals surface area (Å²) in [5.74, 6) is 0.863. The highest BCUT2D eigenvalue weighted by atomic mass is 16.5. The Kier molecular flexibility index (Phi) is 7.86. The van der Waals surface area contributed by atoms with Gasteiger partial charge in [-0.1, -0.05) is 0 Å². The normalized spacial score (nSPS) is 15.8. The van der Waals surface area contributed by atoms with Gasteiger partial charge < -0.3 is 19.2 Å². The van der Waals surface area contributed by atoms with Crippen LogP contribution in [0.25, 0.3) is 10.9 Å². The van der Waals surface area contributed by atoms with Gasteiger partial charge in [0.05, 0.1) is 25.9 Å². The molecule has 0 aliphatic carbocycles. The highest BCUT2D eigenvalue weighted by Crippen LogP contribution is 2.21. The fraction of sp³-hybridized carbons (Fsp3) is 0.522. The van der Waals surface area contributed by atoms with E-state index in [1.807, 2.05) is 31.2 Å². The Balaban J connectivity index is 1.57. The number of esters is 1. The number of fused-ring (bicyclic) bond motifs is 1. The molecule has 11 heteroatoms. The van der Waals surface area contributed by atoms with E-state index < -0.39 is 5.97 Å². The Morgan fingerprint density at radius 1 is 1.26 bits per heavy atom. The molecule has 0 spiro atoms. The molecule has 1 saturated heterocycles. The molecule has 1 atom stereocenters. The van der Waals surface area contributed by atoms with E-state index in [2.05, 4.69) is 25.4 Å². The number of hydrogen-bond acceptors (Lipinski definition) is 9. The zero-order valence-electron chi connectivity index (χ0n) is 19.5. The molecule has 3 aromatic rings. The number of nitrogens with zero attached hydrogens (tertiary/aromatic N) is 5. The van der Waals surface area contributed by atoms with Crippen LogP contribution in [0.2, 0.25) is 0 Å². The summed E-state index contributed by atoms with van der Waals surface area (Å²) in [7, 11) is 0. The molecular formula is C23H30N6O5. The average Bonchev–Trinajstić information content (AvgIpc) is 3.47. The molecular weight excluding hydrogens is 440 g/mol. The molecule has 1 aromatic carbocycles. The third-order valence-corrected chi connectivity index (χ3v) is 5.64. The van der Waals surface area contributed by atoms with E-state index in [0.717, 1.165) is 36.1 Å². The van der Waals surface area contributed by atoms with Crippen molar-refractivity contribution < 1.29 is 19.0 Å². The van der Waals surface area contributed by atoms with E-state index in [1.54, 1.807) is 6.92 Å². The van der Waals surface area contributed by atoms with Crippen LogP contribution in [0.3, 0.4) is 0 Å². The zero-order valence-corrected chi connectivity index (χ0v) is 19.5. The monoisotopic (exact) mass is 470 g/mol. The number of hydrogen-bond donors (Lipinski definition) is 1. The minimum atomic E-state index is -0.405. The molecule has 11 nitrogen and oxygen atoms in total. The number of tetrazole rings is 1. The fourth-order valence-corrected chi connectivity index (χ4v) is 4.09. The molecule has 0 radical (unpaired) electrons. The lowest BCUT2D eigenvalue weighted by Crippen LogP contribution is -2.34. The minimum absolute atomic E-state index is 0.0680. The first-order valence-corrected chi connectivity index (χ1v) is 11.6. The van der Waals surface area contributed by atoms with Gasteiger partial charge in [0.2, 0.25) is 0 Å². The van der Waals surface area contributed by atoms with Gasteiger partial charge in [-0.3, -0.25) is 14.5 Å². The van der Waals surface area contributed by atoms with E-state index in [4.69, 9.17) is 14.2 Å². The summed E-state index contributed by atoms with van der Waals surface area (Å²) in [6.07, 6.45) is 2.03. The number of pyridine rings is 1. The number of ether oxygens (including phenoxy) is 3. The molecule has 1 aliphatic heterocycles. The standard InChI is InChI=1S/C23H30N6O5/c1-3-32-18-7-8-20-16(11-18)10-17(23(31)24-20)12-28(13-19-6-5-9-34-19)14-21-25-26-27-29(21)15-22(30)33-4-2/h7-8,10-11,19H,3-6,9,12-15H2,1-2H3,(H,24,31)/t19-/m1/s1. The van der Waals surface area contributed by atoms with Crippen LogP contribution in [0, 0.1) is 0 Å². The Morgan fingerprint density at radius 2 is 2.15 bits per heavy atom. The van der Waals surface area contributed by atoms with Crippen LogP contribution in [0.4, 0.5) is 0 Å². The molecule has 1 fully saturated rings. The molecule has 182 valence electrons. The van der Waals surface area contributed by atoms with Crippen LogP contribution in [0.15, 0.2) is 29.1 Å². The van der Waals surface area contributed by atoms with Crippen LogP contribution in [0.1, 0.15) is 38.1 Å². The summed E-state index contributed by atoms with van der Waals surface area (Å²) in [5, 5.41) is 12.7. The van der Waals surface area contributed by atoms with Crippen LogP contribution >= 0.6 is 0 Å². The van der Waals surface area contributed by atoms with Crippen molar-refractivity contribution in [2.75, 3.05) is 26.4 Å². The second kappa shape index (κ2) is 11.2. The third-order valence-electron chi connectivity index (χ3n) is 5.64. The van der Waals surface area contributed by atoms with Crippen molar-refractivity contribution in [2.24, 2.45) is 0 Å². The van der Waals surface area contributed by atoms with Gasteiger partial charge in [-0.25, -0.2) is 4.68 Å². The van der Waals surface area contributed by atoms with E-state index in [1.165, 1.54) is 4.68 Å². The highest BCUT2D eigenvalue weighted by molar-refractivity contribution is 5.80. The number of benzene rings is 1. The lowest BCUT2D eigenvalue weighted by atomic mass is 10.1. The molecule has 34 heavy (non-hydrogen) atoms. The number of aromatic amines is 1. The predicted octanol–water partition coefficient (Wildman–Crippen LogP) is 1.66. The van der Waals surface area contributed by atoms with Crippen molar-refractivity contribution in [3.63, 3.8) is 0 Å². The third kappa shape index (κ3) is 5.97. The average molecular weight is 471 g/mol. The summed E-state index contributed by atoms with van der Waals surface area (Å²) in [6.45, 7) is 6.54. The predicted molar refractivity (Wildman–Crippen MR) is 123 cm³/mol. The summed E-state index contributed by atoms with van der Waals surface area (Å²) < 4.78 is 17.9. The largest absolute Gasteiger partial charge is 0.494 e. The molecule has 3 heterocycles. The van der Waals surface area contributed by atoms with E-state index >= 15 is 0 Å². The first kappa shape index (κ1) is 23.8. The maximum absolute atomic E-state index is 12.9. The lowest BCUT2D eigenvalue weighted by Gasteiger charge is -2.24. The maximum atomic E-state index is 12.9. The summed E-state index contributed by atoms with van der Waals surface area (Å²) in [4.78, 5) is 29.8. The molecule has 1 N–H and O–H groups in total. The van der Waals surface area contributed by atoms with Gasteiger partial charge >= 0.3 is 5.97 Å². The minimum Gasteiger partial charge on any atom is -0.494 e. The molecule has 0 saturated carbocycles. The molecule has 0 unspecified atom stereocenters. The number of rotatable bonds is 11. The number of aromatic nitrogens is 5. The Bertz CT molecular complexity index is 1170. The van der Waals surface area contributed by atoms with Crippen LogP contribution in [0.5, 0.6) is 5.75 Å². The summed E-state index contributed by atoms with van der Waals surface area (Å²) >= 11 is 0. The molecule has 0 amide bonds. The van der Waals surface area contributed by atoms with Crippen molar-refractivity contribution in [1.82, 2.24) is 30.1 Å². The van der Waals surface area contributed by atoms with Crippen molar-refractivity contribution in [1.29, 1.82) is 0 Å². The van der Waals surface area contributed by atoms with Gasteiger partial charge in [-0.05, 0) is 61.4 Å². The van der Waals surface area contributed by atoms with Gasteiger partial charge in [-0.15, -0.1) is 5.10 Å². The number of carbonyl (C=O) groups is 1. The first-order valence-electron chi connectivity index (χ1n) is 11.6. The second-order valence-corrected chi connectivity index (χ2v) is 8.17. The van der Waals surface area contributed by atoms with E-state index in [0.29, 0.717) is 37.6 Å². The Hall–Kier alpha value is -3.31. The first-order chi connectivity index (χ1) is 16.6. The zero-order chi connectivity index (χ0) is 23.9. The highest BCUT2D eigenvalue weighted by Gasteiger charge is 2.23.